The van der Waals surface area contributed by atoms with Gasteiger partial charge in [-0.25, -0.2) is 9.59 Å². The first kappa shape index (κ1) is 23.3. The Morgan fingerprint density at radius 3 is 2.36 bits per heavy atom. The molecule has 0 aromatic heterocycles. The number of nitrogens with one attached hydrogen (secondary N) is 2. The van der Waals surface area contributed by atoms with E-state index < -0.39 is 24.5 Å². The van der Waals surface area contributed by atoms with Crippen LogP contribution in [-0.2, 0) is 9.53 Å². The molecule has 0 aliphatic carbocycles. The molecule has 2 N–H and O–H groups in total. The van der Waals surface area contributed by atoms with Gasteiger partial charge in [-0.15, -0.1) is 0 Å². The number of carbonyl (C=O) groups excluding carboxylic acids is 3. The van der Waals surface area contributed by atoms with E-state index in [1.807, 2.05) is 27.7 Å². The van der Waals surface area contributed by atoms with Crippen molar-refractivity contribution >= 4 is 17.9 Å². The van der Waals surface area contributed by atoms with Crippen LogP contribution in [0.25, 0.3) is 0 Å². The highest BCUT2D eigenvalue weighted by molar-refractivity contribution is 5.97. The van der Waals surface area contributed by atoms with E-state index in [1.54, 1.807) is 6.07 Å². The molecule has 3 amide bonds. The predicted molar refractivity (Wildman–Crippen MR) is 105 cm³/mol. The molecule has 28 heavy (non-hydrogen) atoms. The van der Waals surface area contributed by atoms with E-state index in [0.717, 1.165) is 6.42 Å². The zero-order valence-electron chi connectivity index (χ0n) is 17.2. The Balaban J connectivity index is 2.51. The Morgan fingerprint density at radius 1 is 1.04 bits per heavy atom. The topological polar surface area (TPSA) is 103 Å². The number of carbonyl (C=O) groups is 3. The second-order valence-electron chi connectivity index (χ2n) is 7.13. The molecular formula is C20H30N2O6. The normalized spacial score (nSPS) is 10.5. The number of imide groups is 1. The van der Waals surface area contributed by atoms with Crippen LogP contribution in [0.1, 0.15) is 44.5 Å². The van der Waals surface area contributed by atoms with Crippen molar-refractivity contribution in [3.8, 4) is 11.5 Å². The van der Waals surface area contributed by atoms with Crippen LogP contribution in [0.3, 0.4) is 0 Å². The molecule has 0 heterocycles. The third-order valence-electron chi connectivity index (χ3n) is 3.57. The highest BCUT2D eigenvalue weighted by atomic mass is 16.5. The van der Waals surface area contributed by atoms with E-state index in [9.17, 15) is 14.4 Å². The molecule has 1 aromatic rings. The van der Waals surface area contributed by atoms with Gasteiger partial charge in [0.2, 0.25) is 0 Å². The third-order valence-corrected chi connectivity index (χ3v) is 3.57. The monoisotopic (exact) mass is 394 g/mol. The number of hydrogen-bond acceptors (Lipinski definition) is 6. The van der Waals surface area contributed by atoms with Crippen molar-refractivity contribution < 1.29 is 28.6 Å². The van der Waals surface area contributed by atoms with Gasteiger partial charge in [-0.05, 0) is 36.5 Å². The quantitative estimate of drug-likeness (QED) is 0.592. The van der Waals surface area contributed by atoms with Crippen LogP contribution in [0.2, 0.25) is 0 Å². The molecule has 0 unspecified atom stereocenters. The van der Waals surface area contributed by atoms with E-state index in [0.29, 0.717) is 36.5 Å². The Hall–Kier alpha value is -2.77. The van der Waals surface area contributed by atoms with Gasteiger partial charge in [-0.3, -0.25) is 10.1 Å². The van der Waals surface area contributed by atoms with Crippen LogP contribution < -0.4 is 20.1 Å². The minimum atomic E-state index is -0.709. The number of amides is 3. The van der Waals surface area contributed by atoms with Gasteiger partial charge in [0, 0.05) is 6.54 Å². The molecule has 0 spiro atoms. The van der Waals surface area contributed by atoms with Gasteiger partial charge in [0.1, 0.15) is 0 Å². The number of urea groups is 1. The number of ether oxygens (including phenoxy) is 3. The summed E-state index contributed by atoms with van der Waals surface area (Å²) in [7, 11) is 1.47. The maximum absolute atomic E-state index is 12.1. The minimum absolute atomic E-state index is 0.211. The smallest absolute Gasteiger partial charge is 0.338 e. The van der Waals surface area contributed by atoms with Crippen LogP contribution in [0.5, 0.6) is 11.5 Å². The largest absolute Gasteiger partial charge is 0.493 e. The van der Waals surface area contributed by atoms with Crippen LogP contribution in [0.15, 0.2) is 18.2 Å². The van der Waals surface area contributed by atoms with Gasteiger partial charge in [0.05, 0.1) is 19.3 Å². The minimum Gasteiger partial charge on any atom is -0.493 e. The first-order valence-electron chi connectivity index (χ1n) is 9.28. The molecule has 0 fully saturated rings. The van der Waals surface area contributed by atoms with E-state index in [1.165, 1.54) is 19.2 Å². The number of hydrogen-bond donors (Lipinski definition) is 2. The van der Waals surface area contributed by atoms with Crippen molar-refractivity contribution in [1.29, 1.82) is 0 Å². The summed E-state index contributed by atoms with van der Waals surface area (Å²) in [6.45, 7) is 8.51. The lowest BCUT2D eigenvalue weighted by molar-refractivity contribution is -0.123. The van der Waals surface area contributed by atoms with Crippen LogP contribution in [-0.4, -0.2) is 44.8 Å². The lowest BCUT2D eigenvalue weighted by Gasteiger charge is -2.13. The number of benzene rings is 1. The molecule has 8 heteroatoms. The fraction of sp³-hybridized carbons (Fsp3) is 0.550. The van der Waals surface area contributed by atoms with Crippen LogP contribution in [0, 0.1) is 11.8 Å². The zero-order valence-corrected chi connectivity index (χ0v) is 17.2. The average molecular weight is 394 g/mol. The molecule has 0 aliphatic heterocycles. The molecule has 0 radical (unpaired) electrons. The summed E-state index contributed by atoms with van der Waals surface area (Å²) in [5.74, 6) is 0.280. The molecule has 0 saturated carbocycles. The van der Waals surface area contributed by atoms with Crippen molar-refractivity contribution in [2.75, 3.05) is 26.9 Å². The summed E-state index contributed by atoms with van der Waals surface area (Å²) >= 11 is 0. The van der Waals surface area contributed by atoms with Crippen molar-refractivity contribution in [3.63, 3.8) is 0 Å². The molecule has 0 bridgehead atoms. The number of rotatable bonds is 10. The van der Waals surface area contributed by atoms with E-state index in [-0.39, 0.29) is 5.56 Å². The highest BCUT2D eigenvalue weighted by Gasteiger charge is 2.15. The summed E-state index contributed by atoms with van der Waals surface area (Å²) in [4.78, 5) is 35.4. The molecule has 0 saturated heterocycles. The fourth-order valence-electron chi connectivity index (χ4n) is 2.07. The molecule has 1 rings (SSSR count). The molecular weight excluding hydrogens is 364 g/mol. The van der Waals surface area contributed by atoms with Crippen molar-refractivity contribution in [3.05, 3.63) is 23.8 Å². The van der Waals surface area contributed by atoms with Crippen molar-refractivity contribution in [2.24, 2.45) is 11.8 Å². The number of methoxy groups -OCH3 is 1. The zero-order chi connectivity index (χ0) is 21.1. The Labute approximate surface area is 165 Å². The van der Waals surface area contributed by atoms with Gasteiger partial charge < -0.3 is 19.5 Å². The fourth-order valence-corrected chi connectivity index (χ4v) is 2.07. The van der Waals surface area contributed by atoms with Gasteiger partial charge in [-0.1, -0.05) is 27.7 Å². The summed E-state index contributed by atoms with van der Waals surface area (Å²) < 4.78 is 15.8. The maximum Gasteiger partial charge on any atom is 0.338 e. The van der Waals surface area contributed by atoms with E-state index >= 15 is 0 Å². The van der Waals surface area contributed by atoms with E-state index in [4.69, 9.17) is 14.2 Å². The Morgan fingerprint density at radius 2 is 1.75 bits per heavy atom. The molecule has 1 aromatic carbocycles. The van der Waals surface area contributed by atoms with Gasteiger partial charge in [0.25, 0.3) is 5.91 Å². The second kappa shape index (κ2) is 11.8. The first-order chi connectivity index (χ1) is 13.2. The molecule has 0 aliphatic rings. The Bertz CT molecular complexity index is 673. The van der Waals surface area contributed by atoms with Gasteiger partial charge >= 0.3 is 12.0 Å². The molecule has 156 valence electrons. The lowest BCUT2D eigenvalue weighted by Crippen LogP contribution is -2.41. The van der Waals surface area contributed by atoms with E-state index in [2.05, 4.69) is 10.6 Å². The summed E-state index contributed by atoms with van der Waals surface area (Å²) in [5.41, 5.74) is 0.211. The third kappa shape index (κ3) is 8.75. The SMILES string of the molecule is COc1cc(C(=O)OCC(=O)NC(=O)NCCC(C)C)ccc1OCC(C)C. The molecule has 8 nitrogen and oxygen atoms in total. The summed E-state index contributed by atoms with van der Waals surface area (Å²) in [5, 5.41) is 4.67. The summed E-state index contributed by atoms with van der Waals surface area (Å²) in [6.07, 6.45) is 0.801. The predicted octanol–water partition coefficient (Wildman–Crippen LogP) is 2.76. The van der Waals surface area contributed by atoms with Gasteiger partial charge in [-0.2, -0.15) is 0 Å². The number of esters is 1. The van der Waals surface area contributed by atoms with Crippen LogP contribution in [0.4, 0.5) is 4.79 Å². The lowest BCUT2D eigenvalue weighted by atomic mass is 10.1. The summed E-state index contributed by atoms with van der Waals surface area (Å²) in [6, 6.07) is 4.00. The first-order valence-corrected chi connectivity index (χ1v) is 9.28. The van der Waals surface area contributed by atoms with Crippen molar-refractivity contribution in [1.82, 2.24) is 10.6 Å². The van der Waals surface area contributed by atoms with Crippen molar-refractivity contribution in [2.45, 2.75) is 34.1 Å². The Kier molecular flexibility index (Phi) is 9.84. The highest BCUT2D eigenvalue weighted by Crippen LogP contribution is 2.28. The van der Waals surface area contributed by atoms with Gasteiger partial charge in [0.15, 0.2) is 18.1 Å². The second-order valence-corrected chi connectivity index (χ2v) is 7.13. The molecule has 0 atom stereocenters. The maximum atomic E-state index is 12.1. The standard InChI is InChI=1S/C20H30N2O6/c1-13(2)8-9-21-20(25)22-18(23)12-28-19(24)15-6-7-16(17(10-15)26-5)27-11-14(3)4/h6-7,10,13-14H,8-9,11-12H2,1-5H3,(H2,21,22,23,25). The van der Waals surface area contributed by atoms with Crippen LogP contribution >= 0.6 is 0 Å². The average Bonchev–Trinajstić information content (AvgIpc) is 2.63.